The van der Waals surface area contributed by atoms with Crippen molar-refractivity contribution < 1.29 is 9.59 Å². The molecule has 1 saturated carbocycles. The van der Waals surface area contributed by atoms with Gasteiger partial charge in [0.05, 0.1) is 5.01 Å². The van der Waals surface area contributed by atoms with Crippen molar-refractivity contribution >= 4 is 23.2 Å². The second-order valence-corrected chi connectivity index (χ2v) is 9.34. The Morgan fingerprint density at radius 3 is 2.33 bits per heavy atom. The van der Waals surface area contributed by atoms with E-state index in [1.807, 2.05) is 23.7 Å². The molecule has 0 bridgehead atoms. The van der Waals surface area contributed by atoms with Crippen LogP contribution in [0.2, 0.25) is 0 Å². The maximum atomic E-state index is 13.3. The molecule has 7 heteroatoms. The summed E-state index contributed by atoms with van der Waals surface area (Å²) >= 11 is 1.67. The van der Waals surface area contributed by atoms with Gasteiger partial charge in [0, 0.05) is 30.6 Å². The van der Waals surface area contributed by atoms with Crippen LogP contribution in [0.1, 0.15) is 78.8 Å². The summed E-state index contributed by atoms with van der Waals surface area (Å²) < 4.78 is 0. The predicted octanol–water partition coefficient (Wildman–Crippen LogP) is 3.67. The number of nitrogens with one attached hydrogen (secondary N) is 1. The van der Waals surface area contributed by atoms with Gasteiger partial charge in [-0.1, -0.05) is 43.5 Å². The number of rotatable bonds is 5. The third-order valence-corrected chi connectivity index (χ3v) is 7.54. The zero-order valence-electron chi connectivity index (χ0n) is 17.3. The Morgan fingerprint density at radius 1 is 1.03 bits per heavy atom. The summed E-state index contributed by atoms with van der Waals surface area (Å²) in [4.78, 5) is 32.0. The van der Waals surface area contributed by atoms with Crippen molar-refractivity contribution in [2.45, 2.75) is 62.7 Å². The molecule has 0 radical (unpaired) electrons. The van der Waals surface area contributed by atoms with Crippen LogP contribution in [-0.2, 0) is 9.59 Å². The summed E-state index contributed by atoms with van der Waals surface area (Å²) in [6.07, 6.45) is 9.89. The number of nitrogens with zero attached hydrogens (tertiary/aromatic N) is 2. The lowest BCUT2D eigenvalue weighted by molar-refractivity contribution is -0.139. The Kier molecular flexibility index (Phi) is 6.79. The maximum absolute atomic E-state index is 13.3. The van der Waals surface area contributed by atoms with Gasteiger partial charge in [-0.3, -0.25) is 15.0 Å². The van der Waals surface area contributed by atoms with Gasteiger partial charge in [0.25, 0.3) is 5.91 Å². The van der Waals surface area contributed by atoms with Crippen LogP contribution >= 0.6 is 11.3 Å². The van der Waals surface area contributed by atoms with Crippen LogP contribution in [0.5, 0.6) is 0 Å². The van der Waals surface area contributed by atoms with Crippen molar-refractivity contribution in [3.63, 3.8) is 0 Å². The molecule has 1 saturated heterocycles. The number of carbonyl (C=O) groups excluding carboxylic acids is 2. The summed E-state index contributed by atoms with van der Waals surface area (Å²) in [7, 11) is 0. The normalized spacial score (nSPS) is 19.4. The first-order valence-corrected chi connectivity index (χ1v) is 11.8. The Balaban J connectivity index is 1.46. The Hall–Kier alpha value is -2.25. The highest BCUT2D eigenvalue weighted by Crippen LogP contribution is 2.34. The highest BCUT2D eigenvalue weighted by atomic mass is 32.1. The van der Waals surface area contributed by atoms with Gasteiger partial charge in [-0.15, -0.1) is 11.3 Å². The molecule has 1 aromatic heterocycles. The third-order valence-electron chi connectivity index (χ3n) is 6.61. The van der Waals surface area contributed by atoms with E-state index in [0.29, 0.717) is 30.5 Å². The molecule has 2 aromatic rings. The molecule has 1 unspecified atom stereocenters. The second kappa shape index (κ2) is 9.71. The molecule has 1 aliphatic carbocycles. The van der Waals surface area contributed by atoms with E-state index in [4.69, 9.17) is 5.84 Å². The van der Waals surface area contributed by atoms with Crippen LogP contribution in [0, 0.1) is 0 Å². The summed E-state index contributed by atoms with van der Waals surface area (Å²) in [5, 5.41) is 3.13. The van der Waals surface area contributed by atoms with Crippen LogP contribution in [-0.4, -0.2) is 34.8 Å². The number of nitrogens with two attached hydrogens (primary N) is 1. The smallest absolute Gasteiger partial charge is 0.250 e. The molecule has 2 amide bonds. The number of piperidine rings is 1. The van der Waals surface area contributed by atoms with E-state index in [1.165, 1.54) is 37.7 Å². The average Bonchev–Trinajstić information content (AvgIpc) is 3.35. The van der Waals surface area contributed by atoms with E-state index in [9.17, 15) is 9.59 Å². The summed E-state index contributed by atoms with van der Waals surface area (Å²) in [5.41, 5.74) is 4.22. The molecule has 3 N–H and O–H groups in total. The fourth-order valence-electron chi connectivity index (χ4n) is 4.85. The monoisotopic (exact) mass is 426 g/mol. The van der Waals surface area contributed by atoms with Gasteiger partial charge in [0.15, 0.2) is 0 Å². The summed E-state index contributed by atoms with van der Waals surface area (Å²) in [6.45, 7) is 1.27. The molecule has 1 atom stereocenters. The van der Waals surface area contributed by atoms with Crippen molar-refractivity contribution in [1.82, 2.24) is 15.3 Å². The van der Waals surface area contributed by atoms with Crippen LogP contribution in [0.3, 0.4) is 0 Å². The van der Waals surface area contributed by atoms with Crippen molar-refractivity contribution in [3.8, 4) is 0 Å². The number of benzene rings is 1. The third kappa shape index (κ3) is 4.57. The lowest BCUT2D eigenvalue weighted by Crippen LogP contribution is -2.46. The Morgan fingerprint density at radius 2 is 1.73 bits per heavy atom. The first-order chi connectivity index (χ1) is 14.7. The standard InChI is InChI=1S/C23H30N4O2S/c24-26-21(28)20(18-8-6-17(7-9-18)16-4-2-1-3-5-16)23(29)27-13-10-19(11-14-27)22-25-12-15-30-22/h6-9,12,15-16,19-20H,1-5,10-11,13-14,24H2,(H,26,28). The van der Waals surface area contributed by atoms with E-state index in [2.05, 4.69) is 22.5 Å². The van der Waals surface area contributed by atoms with E-state index in [1.54, 1.807) is 16.2 Å². The lowest BCUT2D eigenvalue weighted by Gasteiger charge is -2.33. The molecule has 2 heterocycles. The van der Waals surface area contributed by atoms with Gasteiger partial charge in [-0.2, -0.15) is 0 Å². The fraction of sp³-hybridized carbons (Fsp3) is 0.522. The number of amides is 2. The van der Waals surface area contributed by atoms with E-state index in [-0.39, 0.29) is 5.91 Å². The van der Waals surface area contributed by atoms with Gasteiger partial charge in [-0.25, -0.2) is 10.8 Å². The van der Waals surface area contributed by atoms with Crippen LogP contribution in [0.25, 0.3) is 0 Å². The van der Waals surface area contributed by atoms with Crippen molar-refractivity contribution in [2.24, 2.45) is 5.84 Å². The largest absolute Gasteiger partial charge is 0.342 e. The molecule has 0 spiro atoms. The summed E-state index contributed by atoms with van der Waals surface area (Å²) in [6, 6.07) is 8.04. The first-order valence-electron chi connectivity index (χ1n) is 11.0. The van der Waals surface area contributed by atoms with E-state index in [0.717, 1.165) is 17.8 Å². The number of aromatic nitrogens is 1. The minimum absolute atomic E-state index is 0.166. The lowest BCUT2D eigenvalue weighted by atomic mass is 9.83. The van der Waals surface area contributed by atoms with E-state index < -0.39 is 11.8 Å². The molecule has 1 aromatic carbocycles. The van der Waals surface area contributed by atoms with Crippen LogP contribution < -0.4 is 11.3 Å². The molecular formula is C23H30N4O2S. The number of hydrazine groups is 1. The number of likely N-dealkylation sites (tertiary alicyclic amines) is 1. The van der Waals surface area contributed by atoms with Crippen LogP contribution in [0.15, 0.2) is 35.8 Å². The molecule has 6 nitrogen and oxygen atoms in total. The first kappa shape index (κ1) is 21.0. The maximum Gasteiger partial charge on any atom is 0.250 e. The molecule has 160 valence electrons. The van der Waals surface area contributed by atoms with Gasteiger partial charge in [0.2, 0.25) is 5.91 Å². The number of hydrogen-bond donors (Lipinski definition) is 2. The fourth-order valence-corrected chi connectivity index (χ4v) is 5.66. The van der Waals surface area contributed by atoms with Crippen molar-refractivity contribution in [2.75, 3.05) is 13.1 Å². The molecule has 30 heavy (non-hydrogen) atoms. The van der Waals surface area contributed by atoms with Gasteiger partial charge < -0.3 is 4.90 Å². The predicted molar refractivity (Wildman–Crippen MR) is 118 cm³/mol. The second-order valence-electron chi connectivity index (χ2n) is 8.41. The van der Waals surface area contributed by atoms with Gasteiger partial charge in [0.1, 0.15) is 5.92 Å². The van der Waals surface area contributed by atoms with Crippen LogP contribution in [0.4, 0.5) is 0 Å². The quantitative estimate of drug-likeness (QED) is 0.330. The molecule has 2 fully saturated rings. The average molecular weight is 427 g/mol. The number of carbonyl (C=O) groups is 2. The highest BCUT2D eigenvalue weighted by molar-refractivity contribution is 7.09. The molecule has 4 rings (SSSR count). The Labute approximate surface area is 181 Å². The molecular weight excluding hydrogens is 396 g/mol. The molecule has 1 aliphatic heterocycles. The number of hydrogen-bond acceptors (Lipinski definition) is 5. The Bertz CT molecular complexity index is 839. The van der Waals surface area contributed by atoms with Gasteiger partial charge in [-0.05, 0) is 42.7 Å². The van der Waals surface area contributed by atoms with Gasteiger partial charge >= 0.3 is 0 Å². The van der Waals surface area contributed by atoms with Crippen molar-refractivity contribution in [1.29, 1.82) is 0 Å². The summed E-state index contributed by atoms with van der Waals surface area (Å²) in [5.74, 6) is 4.91. The molecule has 2 aliphatic rings. The highest BCUT2D eigenvalue weighted by Gasteiger charge is 2.34. The SMILES string of the molecule is NNC(=O)C(C(=O)N1CCC(c2nccs2)CC1)c1ccc(C2CCCCC2)cc1. The zero-order chi connectivity index (χ0) is 20.9. The number of thiazole rings is 1. The van der Waals surface area contributed by atoms with Crippen molar-refractivity contribution in [3.05, 3.63) is 52.0 Å². The minimum atomic E-state index is -0.896. The zero-order valence-corrected chi connectivity index (χ0v) is 18.1. The minimum Gasteiger partial charge on any atom is -0.342 e. The topological polar surface area (TPSA) is 88.3 Å². The van der Waals surface area contributed by atoms with E-state index >= 15 is 0 Å².